The summed E-state index contributed by atoms with van der Waals surface area (Å²) < 4.78 is 1.50. The van der Waals surface area contributed by atoms with Gasteiger partial charge in [-0.1, -0.05) is 6.92 Å². The molecule has 1 aliphatic rings. The van der Waals surface area contributed by atoms with Crippen molar-refractivity contribution in [2.24, 2.45) is 5.41 Å². The normalized spacial score (nSPS) is 24.2. The van der Waals surface area contributed by atoms with Crippen molar-refractivity contribution in [1.82, 2.24) is 20.1 Å². The molecule has 1 heterocycles. The third kappa shape index (κ3) is 2.66. The van der Waals surface area contributed by atoms with Crippen LogP contribution in [0.15, 0.2) is 0 Å². The largest absolute Gasteiger partial charge is 0.354 e. The highest BCUT2D eigenvalue weighted by molar-refractivity contribution is 7.71. The number of carbonyl (C=O) groups excluding carboxylic acids is 1. The van der Waals surface area contributed by atoms with Gasteiger partial charge in [0.25, 0.3) is 0 Å². The number of aromatic amines is 1. The summed E-state index contributed by atoms with van der Waals surface area (Å²) in [5.41, 5.74) is -0.679. The maximum Gasteiger partial charge on any atom is 0.229 e. The fourth-order valence-electron chi connectivity index (χ4n) is 1.97. The van der Waals surface area contributed by atoms with Gasteiger partial charge in [-0.3, -0.25) is 9.89 Å². The molecule has 0 bridgehead atoms. The second-order valence-electron chi connectivity index (χ2n) is 4.92. The second-order valence-corrected chi connectivity index (χ2v) is 6.79. The van der Waals surface area contributed by atoms with Gasteiger partial charge in [0, 0.05) is 19.5 Å². The Bertz CT molecular complexity index is 553. The van der Waals surface area contributed by atoms with Gasteiger partial charge in [-0.2, -0.15) is 5.10 Å². The highest BCUT2D eigenvalue weighted by Crippen LogP contribution is 2.63. The standard InChI is InChI=1S/C11H16Cl2N4OS/c1-3-7-15-16-9(19)17(7)5-4-14-8(18)10(2)6-11(10,12)13/h3-6H2,1-2H3,(H,14,18)(H,16,19)/t10-/m0/s1. The van der Waals surface area contributed by atoms with E-state index in [2.05, 4.69) is 15.5 Å². The summed E-state index contributed by atoms with van der Waals surface area (Å²) in [6, 6.07) is 0. The number of hydrogen-bond donors (Lipinski definition) is 2. The van der Waals surface area contributed by atoms with Crippen LogP contribution in [0, 0.1) is 10.2 Å². The smallest absolute Gasteiger partial charge is 0.229 e. The Kier molecular flexibility index (Phi) is 3.95. The molecule has 2 N–H and O–H groups in total. The fraction of sp³-hybridized carbons (Fsp3) is 0.727. The summed E-state index contributed by atoms with van der Waals surface area (Å²) in [5, 5.41) is 9.69. The SMILES string of the molecule is CCc1n[nH]c(=S)n1CCNC(=O)[C@]1(C)CC1(Cl)Cl. The second kappa shape index (κ2) is 5.07. The van der Waals surface area contributed by atoms with Crippen molar-refractivity contribution in [3.8, 4) is 0 Å². The van der Waals surface area contributed by atoms with Gasteiger partial charge in [-0.05, 0) is 25.6 Å². The molecule has 0 unspecified atom stereocenters. The zero-order valence-electron chi connectivity index (χ0n) is 10.8. The van der Waals surface area contributed by atoms with Crippen molar-refractivity contribution >= 4 is 41.3 Å². The Labute approximate surface area is 126 Å². The first-order valence-corrected chi connectivity index (χ1v) is 7.28. The molecule has 0 aliphatic heterocycles. The highest BCUT2D eigenvalue weighted by Gasteiger charge is 2.67. The van der Waals surface area contributed by atoms with Crippen LogP contribution in [-0.2, 0) is 17.8 Å². The average Bonchev–Trinajstić information content (AvgIpc) is 2.68. The Balaban J connectivity index is 1.89. The minimum absolute atomic E-state index is 0.120. The molecule has 1 fully saturated rings. The van der Waals surface area contributed by atoms with Crippen LogP contribution in [0.3, 0.4) is 0 Å². The Morgan fingerprint density at radius 1 is 1.63 bits per heavy atom. The molecule has 2 rings (SSSR count). The molecule has 0 spiro atoms. The Hall–Kier alpha value is -0.590. The lowest BCUT2D eigenvalue weighted by Gasteiger charge is -2.13. The van der Waals surface area contributed by atoms with Crippen LogP contribution in [0.2, 0.25) is 0 Å². The van der Waals surface area contributed by atoms with Gasteiger partial charge in [-0.15, -0.1) is 23.2 Å². The first-order valence-electron chi connectivity index (χ1n) is 6.12. The molecule has 1 aromatic heterocycles. The van der Waals surface area contributed by atoms with E-state index in [1.165, 1.54) is 0 Å². The quantitative estimate of drug-likeness (QED) is 0.645. The third-order valence-electron chi connectivity index (χ3n) is 3.53. The first-order chi connectivity index (χ1) is 8.82. The number of nitrogens with one attached hydrogen (secondary N) is 2. The molecule has 0 radical (unpaired) electrons. The molecule has 19 heavy (non-hydrogen) atoms. The van der Waals surface area contributed by atoms with Gasteiger partial charge < -0.3 is 9.88 Å². The molecule has 0 saturated heterocycles. The van der Waals surface area contributed by atoms with E-state index >= 15 is 0 Å². The maximum absolute atomic E-state index is 12.0. The lowest BCUT2D eigenvalue weighted by Crippen LogP contribution is -2.35. The van der Waals surface area contributed by atoms with Crippen LogP contribution in [0.25, 0.3) is 0 Å². The van der Waals surface area contributed by atoms with E-state index in [4.69, 9.17) is 35.4 Å². The van der Waals surface area contributed by atoms with Gasteiger partial charge in [0.1, 0.15) is 10.2 Å². The summed E-state index contributed by atoms with van der Waals surface area (Å²) in [7, 11) is 0. The van der Waals surface area contributed by atoms with Gasteiger partial charge in [0.05, 0.1) is 5.41 Å². The van der Waals surface area contributed by atoms with Crippen molar-refractivity contribution in [2.45, 2.75) is 37.6 Å². The van der Waals surface area contributed by atoms with E-state index in [0.717, 1.165) is 12.2 Å². The lowest BCUT2D eigenvalue weighted by molar-refractivity contribution is -0.125. The summed E-state index contributed by atoms with van der Waals surface area (Å²) in [4.78, 5) is 12.0. The zero-order chi connectivity index (χ0) is 14.3. The molecule has 106 valence electrons. The minimum Gasteiger partial charge on any atom is -0.354 e. The van der Waals surface area contributed by atoms with Crippen molar-refractivity contribution in [3.05, 3.63) is 10.6 Å². The third-order valence-corrected chi connectivity index (χ3v) is 4.95. The van der Waals surface area contributed by atoms with Gasteiger partial charge in [-0.25, -0.2) is 0 Å². The molecule has 1 amide bonds. The number of aryl methyl sites for hydroxylation is 1. The molecule has 1 aromatic rings. The van der Waals surface area contributed by atoms with Crippen molar-refractivity contribution in [1.29, 1.82) is 0 Å². The van der Waals surface area contributed by atoms with E-state index in [0.29, 0.717) is 24.3 Å². The summed E-state index contributed by atoms with van der Waals surface area (Å²) >= 11 is 17.1. The molecular formula is C11H16Cl2N4OS. The van der Waals surface area contributed by atoms with Crippen LogP contribution in [0.5, 0.6) is 0 Å². The molecular weight excluding hydrogens is 307 g/mol. The first kappa shape index (κ1) is 14.8. The van der Waals surface area contributed by atoms with Gasteiger partial charge >= 0.3 is 0 Å². The molecule has 5 nitrogen and oxygen atoms in total. The van der Waals surface area contributed by atoms with Crippen molar-refractivity contribution < 1.29 is 4.79 Å². The summed E-state index contributed by atoms with van der Waals surface area (Å²) in [6.45, 7) is 4.82. The number of rotatable bonds is 5. The number of nitrogens with zero attached hydrogens (tertiary/aromatic N) is 2. The summed E-state index contributed by atoms with van der Waals surface area (Å²) in [6.07, 6.45) is 1.27. The van der Waals surface area contributed by atoms with Crippen molar-refractivity contribution in [2.75, 3.05) is 6.54 Å². The Morgan fingerprint density at radius 3 is 2.79 bits per heavy atom. The van der Waals surface area contributed by atoms with Crippen LogP contribution < -0.4 is 5.32 Å². The maximum atomic E-state index is 12.0. The molecule has 1 aliphatic carbocycles. The van der Waals surface area contributed by atoms with E-state index in [1.54, 1.807) is 6.92 Å². The van der Waals surface area contributed by atoms with Crippen molar-refractivity contribution in [3.63, 3.8) is 0 Å². The van der Waals surface area contributed by atoms with E-state index in [9.17, 15) is 4.79 Å². The monoisotopic (exact) mass is 322 g/mol. The fourth-order valence-corrected chi connectivity index (χ4v) is 2.92. The number of aromatic nitrogens is 3. The predicted molar refractivity (Wildman–Crippen MR) is 77.0 cm³/mol. The molecule has 8 heteroatoms. The Morgan fingerprint density at radius 2 is 2.26 bits per heavy atom. The molecule has 1 atom stereocenters. The number of H-pyrrole nitrogens is 1. The number of halogens is 2. The van der Waals surface area contributed by atoms with Crippen LogP contribution in [0.4, 0.5) is 0 Å². The molecule has 0 aromatic carbocycles. The zero-order valence-corrected chi connectivity index (χ0v) is 13.1. The van der Waals surface area contributed by atoms with Crippen LogP contribution >= 0.6 is 35.4 Å². The van der Waals surface area contributed by atoms with E-state index in [-0.39, 0.29) is 5.91 Å². The van der Waals surface area contributed by atoms with Crippen LogP contribution in [0.1, 0.15) is 26.1 Å². The number of alkyl halides is 2. The minimum atomic E-state index is -0.933. The predicted octanol–water partition coefficient (Wildman–Crippen LogP) is 2.20. The number of carbonyl (C=O) groups is 1. The van der Waals surface area contributed by atoms with E-state index in [1.807, 2.05) is 11.5 Å². The van der Waals surface area contributed by atoms with Crippen LogP contribution in [-0.4, -0.2) is 31.5 Å². The number of amides is 1. The molecule has 1 saturated carbocycles. The topological polar surface area (TPSA) is 62.7 Å². The number of hydrogen-bond acceptors (Lipinski definition) is 3. The lowest BCUT2D eigenvalue weighted by atomic mass is 10.1. The average molecular weight is 323 g/mol. The van der Waals surface area contributed by atoms with Gasteiger partial charge in [0.15, 0.2) is 4.77 Å². The van der Waals surface area contributed by atoms with E-state index < -0.39 is 9.75 Å². The summed E-state index contributed by atoms with van der Waals surface area (Å²) in [5.74, 6) is 0.756. The highest BCUT2D eigenvalue weighted by atomic mass is 35.5. The van der Waals surface area contributed by atoms with Gasteiger partial charge in [0.2, 0.25) is 5.91 Å².